The van der Waals surface area contributed by atoms with Gasteiger partial charge in [0.15, 0.2) is 0 Å². The molecule has 0 aromatic heterocycles. The van der Waals surface area contributed by atoms with E-state index < -0.39 is 0 Å². The van der Waals surface area contributed by atoms with Crippen LogP contribution in [0, 0.1) is 0 Å². The van der Waals surface area contributed by atoms with Crippen molar-refractivity contribution in [2.45, 2.75) is 105 Å². The van der Waals surface area contributed by atoms with E-state index in [4.69, 9.17) is 0 Å². The first-order valence-corrected chi connectivity index (χ1v) is 19.6. The average Bonchev–Trinajstić information content (AvgIpc) is 3.65. The molecular formula is C46H56HfSi-2. The molecule has 0 N–H and O–H groups in total. The molecule has 6 rings (SSSR count). The Morgan fingerprint density at radius 3 is 1.15 bits per heavy atom. The molecule has 6 aromatic carbocycles. The number of benzene rings is 4. The fourth-order valence-electron chi connectivity index (χ4n) is 6.26. The predicted molar refractivity (Wildman–Crippen MR) is 213 cm³/mol. The van der Waals surface area contributed by atoms with Crippen molar-refractivity contribution < 1.29 is 25.8 Å². The molecule has 0 saturated heterocycles. The molecule has 2 heteroatoms. The maximum atomic E-state index is 2.37. The summed E-state index contributed by atoms with van der Waals surface area (Å²) in [4.78, 5) is 0. The summed E-state index contributed by atoms with van der Waals surface area (Å²) < 4.78 is 0. The van der Waals surface area contributed by atoms with E-state index in [0.29, 0.717) is 0 Å². The number of fused-ring (bicyclic) bond motifs is 2. The van der Waals surface area contributed by atoms with Crippen molar-refractivity contribution in [2.24, 2.45) is 0 Å². The molecule has 2 radical (unpaired) electrons. The van der Waals surface area contributed by atoms with Crippen LogP contribution in [0.5, 0.6) is 0 Å². The Kier molecular flexibility index (Phi) is 14.6. The average molecular weight is 816 g/mol. The first kappa shape index (κ1) is 39.6. The summed E-state index contributed by atoms with van der Waals surface area (Å²) in [5, 5.41) is 5.49. The molecule has 0 fully saturated rings. The largest absolute Gasteiger partial charge is 0.164 e. The van der Waals surface area contributed by atoms with Crippen LogP contribution in [0.4, 0.5) is 0 Å². The van der Waals surface area contributed by atoms with E-state index in [1.807, 2.05) is 0 Å². The summed E-state index contributed by atoms with van der Waals surface area (Å²) in [7, 11) is 1.08. The second-order valence-electron chi connectivity index (χ2n) is 15.0. The van der Waals surface area contributed by atoms with Crippen molar-refractivity contribution in [3.63, 3.8) is 0 Å². The minimum absolute atomic E-state index is 0. The summed E-state index contributed by atoms with van der Waals surface area (Å²) >= 11 is 0. The van der Waals surface area contributed by atoms with Gasteiger partial charge >= 0.3 is 0 Å². The molecule has 0 atom stereocenters. The van der Waals surface area contributed by atoms with Gasteiger partial charge in [-0.25, -0.2) is 0 Å². The summed E-state index contributed by atoms with van der Waals surface area (Å²) in [5.74, 6) is 0. The summed E-state index contributed by atoms with van der Waals surface area (Å²) in [6, 6.07) is 40.8. The normalized spacial score (nSPS) is 11.4. The van der Waals surface area contributed by atoms with Crippen molar-refractivity contribution >= 4 is 31.1 Å². The quantitative estimate of drug-likeness (QED) is 0.116. The molecule has 0 amide bonds. The molecule has 48 heavy (non-hydrogen) atoms. The predicted octanol–water partition coefficient (Wildman–Crippen LogP) is 13.7. The van der Waals surface area contributed by atoms with Gasteiger partial charge in [-0.05, 0) is 45.9 Å². The van der Waals surface area contributed by atoms with Crippen molar-refractivity contribution in [1.29, 1.82) is 0 Å². The first-order valence-electron chi connectivity index (χ1n) is 17.6. The fraction of sp³-hybridized carbons (Fsp3) is 0.348. The van der Waals surface area contributed by atoms with Crippen molar-refractivity contribution in [1.82, 2.24) is 0 Å². The Balaban J connectivity index is 0.000000236. The molecule has 0 aliphatic rings. The van der Waals surface area contributed by atoms with Crippen molar-refractivity contribution in [3.8, 4) is 22.3 Å². The second kappa shape index (κ2) is 17.7. The van der Waals surface area contributed by atoms with E-state index in [1.54, 1.807) is 0 Å². The van der Waals surface area contributed by atoms with Gasteiger partial charge in [0.25, 0.3) is 0 Å². The summed E-state index contributed by atoms with van der Waals surface area (Å²) in [5.41, 5.74) is 11.4. The van der Waals surface area contributed by atoms with Gasteiger partial charge in [-0.15, -0.1) is 69.1 Å². The third-order valence-corrected chi connectivity index (χ3v) is 8.82. The zero-order valence-corrected chi connectivity index (χ0v) is 35.8. The molecule has 0 unspecified atom stereocenters. The Morgan fingerprint density at radius 2 is 0.854 bits per heavy atom. The standard InChI is InChI=1S/2C22H25.C2H6Si.Hf/c2*1-5-7-16-14-18-8-6-9-20(21(18)15-16)17-10-12-19(13-11-17)22(2,3)4;1-3-2;/h2*6,8-15H,5,7H2,1-4H3;1-2H3;/q2*-1;;. The van der Waals surface area contributed by atoms with Gasteiger partial charge in [-0.3, -0.25) is 0 Å². The molecule has 0 aliphatic heterocycles. The number of aryl methyl sites for hydroxylation is 2. The van der Waals surface area contributed by atoms with Crippen LogP contribution in [0.25, 0.3) is 43.8 Å². The van der Waals surface area contributed by atoms with Crippen molar-refractivity contribution in [3.05, 3.63) is 131 Å². The molecule has 0 heterocycles. The van der Waals surface area contributed by atoms with E-state index >= 15 is 0 Å². The van der Waals surface area contributed by atoms with Gasteiger partial charge in [0, 0.05) is 35.4 Å². The van der Waals surface area contributed by atoms with Gasteiger partial charge in [0.2, 0.25) is 0 Å². The molecule has 0 saturated carbocycles. The van der Waals surface area contributed by atoms with Crippen LogP contribution >= 0.6 is 0 Å². The maximum absolute atomic E-state index is 2.37. The second-order valence-corrected chi connectivity index (χ2v) is 16.0. The maximum Gasteiger partial charge on any atom is 0.0307 e. The van der Waals surface area contributed by atoms with E-state index in [1.165, 1.54) is 78.9 Å². The molecule has 0 bridgehead atoms. The number of rotatable bonds is 6. The minimum atomic E-state index is 0. The van der Waals surface area contributed by atoms with E-state index in [9.17, 15) is 0 Å². The SMILES string of the molecule is CCCc1cc2c(-c3ccc(C(C)(C)C)cc3)cccc2[cH-]1.CCCc1cc2c(-c3ccc(C(C)(C)C)cc3)cccc2[cH-]1.C[Si]C.[Hf]. The van der Waals surface area contributed by atoms with Crippen LogP contribution in [-0.4, -0.2) is 9.52 Å². The number of hydrogen-bond donors (Lipinski definition) is 0. The van der Waals surface area contributed by atoms with Gasteiger partial charge < -0.3 is 0 Å². The van der Waals surface area contributed by atoms with Gasteiger partial charge in [0.1, 0.15) is 0 Å². The zero-order valence-electron chi connectivity index (χ0n) is 31.2. The van der Waals surface area contributed by atoms with Crippen LogP contribution < -0.4 is 0 Å². The third kappa shape index (κ3) is 10.1. The van der Waals surface area contributed by atoms with E-state index in [0.717, 1.165) is 22.4 Å². The van der Waals surface area contributed by atoms with Gasteiger partial charge in [-0.2, -0.15) is 12.1 Å². The first-order chi connectivity index (χ1) is 22.4. The summed E-state index contributed by atoms with van der Waals surface area (Å²) in [6.07, 6.45) is 4.73. The monoisotopic (exact) mass is 816 g/mol. The summed E-state index contributed by atoms with van der Waals surface area (Å²) in [6.45, 7) is 22.4. The van der Waals surface area contributed by atoms with Gasteiger partial charge in [0.05, 0.1) is 0 Å². The van der Waals surface area contributed by atoms with Crippen LogP contribution in [0.2, 0.25) is 13.1 Å². The molecule has 0 nitrogen and oxygen atoms in total. The van der Waals surface area contributed by atoms with E-state index in [2.05, 4.69) is 178 Å². The van der Waals surface area contributed by atoms with Crippen LogP contribution in [0.15, 0.2) is 109 Å². The van der Waals surface area contributed by atoms with Crippen LogP contribution in [0.3, 0.4) is 0 Å². The zero-order chi connectivity index (χ0) is 34.2. The Morgan fingerprint density at radius 1 is 0.521 bits per heavy atom. The van der Waals surface area contributed by atoms with Crippen LogP contribution in [-0.2, 0) is 49.5 Å². The Labute approximate surface area is 313 Å². The number of hydrogen-bond acceptors (Lipinski definition) is 0. The minimum Gasteiger partial charge on any atom is -0.164 e. The topological polar surface area (TPSA) is 0 Å². The molecule has 0 spiro atoms. The molecular weight excluding hydrogens is 759 g/mol. The third-order valence-electron chi connectivity index (χ3n) is 8.82. The molecule has 250 valence electrons. The smallest absolute Gasteiger partial charge is 0.0307 e. The van der Waals surface area contributed by atoms with Crippen molar-refractivity contribution in [2.75, 3.05) is 0 Å². The molecule has 0 aliphatic carbocycles. The van der Waals surface area contributed by atoms with Crippen LogP contribution in [0.1, 0.15) is 90.5 Å². The molecule has 6 aromatic rings. The fourth-order valence-corrected chi connectivity index (χ4v) is 6.26. The Bertz CT molecular complexity index is 1700. The van der Waals surface area contributed by atoms with Gasteiger partial charge in [-0.1, -0.05) is 153 Å². The van der Waals surface area contributed by atoms with E-state index in [-0.39, 0.29) is 36.7 Å². The Hall–Kier alpha value is -2.81.